The fraction of sp³-hybridized carbons (Fsp3) is 0.172. The molecule has 0 amide bonds. The molecule has 1 unspecified atom stereocenters. The van der Waals surface area contributed by atoms with E-state index >= 15 is 0 Å². The summed E-state index contributed by atoms with van der Waals surface area (Å²) in [6.45, 7) is 4.91. The number of rotatable bonds is 8. The van der Waals surface area contributed by atoms with Crippen LogP contribution in [-0.4, -0.2) is 15.2 Å². The van der Waals surface area contributed by atoms with E-state index in [-0.39, 0.29) is 11.7 Å². The average molecular weight is 438 g/mol. The summed E-state index contributed by atoms with van der Waals surface area (Å²) < 4.78 is 5.43. The van der Waals surface area contributed by atoms with Gasteiger partial charge in [-0.3, -0.25) is 0 Å². The van der Waals surface area contributed by atoms with Crippen LogP contribution in [0.2, 0.25) is 13.1 Å². The molecule has 1 N–H and O–H groups in total. The summed E-state index contributed by atoms with van der Waals surface area (Å²) in [7, 11) is -0.241. The molecule has 0 aliphatic rings. The third kappa shape index (κ3) is 4.85. The van der Waals surface area contributed by atoms with Crippen LogP contribution < -0.4 is 15.2 Å². The van der Waals surface area contributed by atoms with Crippen molar-refractivity contribution in [1.29, 1.82) is 0 Å². The molecule has 0 spiro atoms. The van der Waals surface area contributed by atoms with E-state index in [2.05, 4.69) is 134 Å². The van der Waals surface area contributed by atoms with Crippen molar-refractivity contribution in [3.05, 3.63) is 132 Å². The SMILES string of the molecule is COc1ccc(C(NC(c2ccccc2)c2ccccc2)[Si](C)(C)c2ccccc2)cc1. The lowest BCUT2D eigenvalue weighted by Gasteiger charge is -2.37. The zero-order valence-corrected chi connectivity index (χ0v) is 20.0. The largest absolute Gasteiger partial charge is 0.497 e. The van der Waals surface area contributed by atoms with Crippen LogP contribution in [0.5, 0.6) is 5.75 Å². The topological polar surface area (TPSA) is 21.3 Å². The minimum absolute atomic E-state index is 0.0972. The predicted molar refractivity (Wildman–Crippen MR) is 137 cm³/mol. The van der Waals surface area contributed by atoms with Crippen LogP contribution in [0.1, 0.15) is 28.4 Å². The highest BCUT2D eigenvalue weighted by atomic mass is 28.3. The molecule has 0 radical (unpaired) electrons. The molecule has 0 aromatic heterocycles. The Morgan fingerprint density at radius 3 is 1.53 bits per heavy atom. The molecule has 0 fully saturated rings. The smallest absolute Gasteiger partial charge is 0.118 e. The Morgan fingerprint density at radius 2 is 1.06 bits per heavy atom. The van der Waals surface area contributed by atoms with E-state index in [1.165, 1.54) is 21.9 Å². The fourth-order valence-corrected chi connectivity index (χ4v) is 7.39. The van der Waals surface area contributed by atoms with Gasteiger partial charge in [0.05, 0.1) is 13.2 Å². The Balaban J connectivity index is 1.80. The van der Waals surface area contributed by atoms with Gasteiger partial charge in [0.25, 0.3) is 0 Å². The summed E-state index contributed by atoms with van der Waals surface area (Å²) >= 11 is 0. The van der Waals surface area contributed by atoms with Crippen molar-refractivity contribution in [2.75, 3.05) is 7.11 Å². The van der Waals surface area contributed by atoms with Crippen LogP contribution in [0, 0.1) is 0 Å². The first-order chi connectivity index (χ1) is 15.6. The predicted octanol–water partition coefficient (Wildman–Crippen LogP) is 6.27. The molecular weight excluding hydrogens is 406 g/mol. The second-order valence-electron chi connectivity index (χ2n) is 8.71. The van der Waals surface area contributed by atoms with Crippen LogP contribution in [0.15, 0.2) is 115 Å². The Bertz CT molecular complexity index is 1060. The van der Waals surface area contributed by atoms with Crippen LogP contribution >= 0.6 is 0 Å². The molecule has 1 atom stereocenters. The van der Waals surface area contributed by atoms with Crippen molar-refractivity contribution in [1.82, 2.24) is 5.32 Å². The van der Waals surface area contributed by atoms with Crippen molar-refractivity contribution >= 4 is 13.3 Å². The summed E-state index contributed by atoms with van der Waals surface area (Å²) in [5.41, 5.74) is 4.05. The molecule has 0 heterocycles. The zero-order valence-electron chi connectivity index (χ0n) is 19.0. The number of ether oxygens (including phenoxy) is 1. The fourth-order valence-electron chi connectivity index (χ4n) is 4.39. The van der Waals surface area contributed by atoms with Crippen molar-refractivity contribution in [2.24, 2.45) is 0 Å². The Morgan fingerprint density at radius 1 is 0.594 bits per heavy atom. The quantitative estimate of drug-likeness (QED) is 0.328. The van der Waals surface area contributed by atoms with E-state index in [1.54, 1.807) is 7.11 Å². The molecule has 0 aliphatic carbocycles. The number of hydrogen-bond acceptors (Lipinski definition) is 2. The Kier molecular flexibility index (Phi) is 6.89. The molecule has 0 aliphatic heterocycles. The molecule has 0 saturated carbocycles. The van der Waals surface area contributed by atoms with E-state index in [9.17, 15) is 0 Å². The van der Waals surface area contributed by atoms with Gasteiger partial charge in [0.1, 0.15) is 13.8 Å². The summed E-state index contributed by atoms with van der Waals surface area (Å²) in [4.78, 5) is 0. The first-order valence-electron chi connectivity index (χ1n) is 11.1. The summed E-state index contributed by atoms with van der Waals surface area (Å²) in [6, 6.07) is 41.1. The third-order valence-corrected chi connectivity index (χ3v) is 10.1. The molecule has 0 saturated heterocycles. The van der Waals surface area contributed by atoms with E-state index in [1.807, 2.05) is 0 Å². The third-order valence-electron chi connectivity index (χ3n) is 6.29. The molecule has 4 rings (SSSR count). The van der Waals surface area contributed by atoms with E-state index in [4.69, 9.17) is 4.74 Å². The minimum Gasteiger partial charge on any atom is -0.497 e. The van der Waals surface area contributed by atoms with Gasteiger partial charge in [-0.15, -0.1) is 0 Å². The molecule has 32 heavy (non-hydrogen) atoms. The Hall–Kier alpha value is -3.14. The molecule has 2 nitrogen and oxygen atoms in total. The van der Waals surface area contributed by atoms with Crippen LogP contribution in [0.4, 0.5) is 0 Å². The van der Waals surface area contributed by atoms with Gasteiger partial charge >= 0.3 is 0 Å². The van der Waals surface area contributed by atoms with Crippen molar-refractivity contribution in [2.45, 2.75) is 24.8 Å². The van der Waals surface area contributed by atoms with Crippen LogP contribution in [0.25, 0.3) is 0 Å². The van der Waals surface area contributed by atoms with Crippen LogP contribution in [-0.2, 0) is 0 Å². The number of hydrogen-bond donors (Lipinski definition) is 1. The van der Waals surface area contributed by atoms with Gasteiger partial charge < -0.3 is 10.1 Å². The first-order valence-corrected chi connectivity index (χ1v) is 14.2. The maximum absolute atomic E-state index is 5.43. The summed E-state index contributed by atoms with van der Waals surface area (Å²) in [5, 5.41) is 5.54. The van der Waals surface area contributed by atoms with E-state index in [0.717, 1.165) is 5.75 Å². The molecular formula is C29H31NOSi. The zero-order chi connectivity index (χ0) is 22.4. The van der Waals surface area contributed by atoms with Gasteiger partial charge in [0.15, 0.2) is 0 Å². The van der Waals surface area contributed by atoms with Gasteiger partial charge in [0, 0.05) is 5.67 Å². The number of methoxy groups -OCH3 is 1. The number of nitrogens with one attached hydrogen (secondary N) is 1. The molecule has 4 aromatic rings. The normalized spacial score (nSPS) is 12.5. The monoisotopic (exact) mass is 437 g/mol. The summed E-state index contributed by atoms with van der Waals surface area (Å²) in [6.07, 6.45) is 0. The average Bonchev–Trinajstić information content (AvgIpc) is 2.86. The van der Waals surface area contributed by atoms with Crippen molar-refractivity contribution in [3.63, 3.8) is 0 Å². The van der Waals surface area contributed by atoms with E-state index < -0.39 is 8.07 Å². The highest BCUT2D eigenvalue weighted by molar-refractivity contribution is 6.90. The standard InChI is InChI=1S/C29H31NOSi/c1-31-26-21-19-25(20-22-26)29(32(2,3)27-17-11-6-12-18-27)30-28(23-13-7-4-8-14-23)24-15-9-5-10-16-24/h4-22,28-30H,1-3H3. The van der Waals surface area contributed by atoms with Gasteiger partial charge in [-0.25, -0.2) is 0 Å². The lowest BCUT2D eigenvalue weighted by molar-refractivity contribution is 0.414. The van der Waals surface area contributed by atoms with Gasteiger partial charge in [0.2, 0.25) is 0 Å². The first kappa shape index (κ1) is 22.1. The van der Waals surface area contributed by atoms with Crippen molar-refractivity contribution < 1.29 is 4.74 Å². The second-order valence-corrected chi connectivity index (χ2v) is 13.3. The van der Waals surface area contributed by atoms with Gasteiger partial charge in [-0.05, 0) is 28.8 Å². The lowest BCUT2D eigenvalue weighted by atomic mass is 9.98. The molecule has 0 bridgehead atoms. The highest BCUT2D eigenvalue weighted by Gasteiger charge is 2.36. The number of benzene rings is 4. The highest BCUT2D eigenvalue weighted by Crippen LogP contribution is 2.32. The Labute approximate surface area is 192 Å². The second kappa shape index (κ2) is 9.99. The maximum Gasteiger partial charge on any atom is 0.118 e. The summed E-state index contributed by atoms with van der Waals surface area (Å²) in [5.74, 6) is 0.884. The van der Waals surface area contributed by atoms with E-state index in [0.29, 0.717) is 0 Å². The lowest BCUT2D eigenvalue weighted by Crippen LogP contribution is -2.53. The van der Waals surface area contributed by atoms with Gasteiger partial charge in [-0.2, -0.15) is 0 Å². The van der Waals surface area contributed by atoms with Gasteiger partial charge in [-0.1, -0.05) is 121 Å². The van der Waals surface area contributed by atoms with Crippen LogP contribution in [0.3, 0.4) is 0 Å². The minimum atomic E-state index is -1.96. The van der Waals surface area contributed by atoms with Crippen molar-refractivity contribution in [3.8, 4) is 5.75 Å². The molecule has 3 heteroatoms. The molecule has 162 valence electrons. The maximum atomic E-state index is 5.43. The molecule has 4 aromatic carbocycles.